The number of aromatic nitrogens is 2. The first kappa shape index (κ1) is 11.7. The van der Waals surface area contributed by atoms with E-state index in [0.717, 1.165) is 11.9 Å². The van der Waals surface area contributed by atoms with E-state index in [0.29, 0.717) is 11.9 Å². The molecule has 18 heavy (non-hydrogen) atoms. The summed E-state index contributed by atoms with van der Waals surface area (Å²) < 4.78 is 0. The van der Waals surface area contributed by atoms with E-state index in [1.165, 1.54) is 45.1 Å². The highest BCUT2D eigenvalue weighted by Gasteiger charge is 2.31. The predicted octanol–water partition coefficient (Wildman–Crippen LogP) is 0.801. The van der Waals surface area contributed by atoms with E-state index in [2.05, 4.69) is 25.6 Å². The number of hydrazine groups is 1. The number of anilines is 2. The van der Waals surface area contributed by atoms with Crippen molar-refractivity contribution in [2.24, 2.45) is 5.84 Å². The van der Waals surface area contributed by atoms with Gasteiger partial charge in [0.2, 0.25) is 0 Å². The molecule has 98 valence electrons. The van der Waals surface area contributed by atoms with E-state index >= 15 is 0 Å². The van der Waals surface area contributed by atoms with Crippen molar-refractivity contribution in [3.05, 3.63) is 12.4 Å². The van der Waals surface area contributed by atoms with Crippen molar-refractivity contribution in [1.29, 1.82) is 0 Å². The van der Waals surface area contributed by atoms with Crippen LogP contribution in [0.4, 0.5) is 11.6 Å². The number of rotatable bonds is 3. The Hall–Kier alpha value is -1.40. The Morgan fingerprint density at radius 2 is 2.11 bits per heavy atom. The summed E-state index contributed by atoms with van der Waals surface area (Å²) in [5.41, 5.74) is 2.54. The average molecular weight is 248 g/mol. The van der Waals surface area contributed by atoms with Crippen molar-refractivity contribution in [2.45, 2.75) is 37.8 Å². The number of hydrogen-bond donors (Lipinski definition) is 3. The van der Waals surface area contributed by atoms with Crippen LogP contribution in [0.25, 0.3) is 0 Å². The Bertz CT molecular complexity index is 409. The Balaban J connectivity index is 1.62. The molecule has 6 heteroatoms. The number of nitrogen functional groups attached to an aromatic ring is 1. The standard InChI is InChI=1S/C12H20N6/c13-17-12-7-11(14-8-15-12)16-9-3-5-18-4-1-2-10(18)6-9/h7-10H,1-6,13H2,(H2,14,15,16,17). The van der Waals surface area contributed by atoms with Gasteiger partial charge in [-0.2, -0.15) is 0 Å². The van der Waals surface area contributed by atoms with Crippen molar-refractivity contribution in [1.82, 2.24) is 14.9 Å². The van der Waals surface area contributed by atoms with Gasteiger partial charge in [0.05, 0.1) is 0 Å². The normalized spacial score (nSPS) is 27.8. The molecule has 2 atom stereocenters. The Morgan fingerprint density at radius 1 is 1.22 bits per heavy atom. The third-order valence-electron chi connectivity index (χ3n) is 3.99. The number of nitrogens with zero attached hydrogens (tertiary/aromatic N) is 3. The molecule has 2 saturated heterocycles. The number of hydrogen-bond acceptors (Lipinski definition) is 6. The fraction of sp³-hybridized carbons (Fsp3) is 0.667. The van der Waals surface area contributed by atoms with Crippen molar-refractivity contribution >= 4 is 11.6 Å². The minimum Gasteiger partial charge on any atom is -0.367 e. The van der Waals surface area contributed by atoms with Crippen molar-refractivity contribution in [3.8, 4) is 0 Å². The van der Waals surface area contributed by atoms with Crippen LogP contribution in [0.1, 0.15) is 25.7 Å². The molecule has 0 amide bonds. The van der Waals surface area contributed by atoms with E-state index in [1.807, 2.05) is 6.07 Å². The molecular formula is C12H20N6. The molecule has 2 fully saturated rings. The summed E-state index contributed by atoms with van der Waals surface area (Å²) in [6.45, 7) is 2.49. The maximum absolute atomic E-state index is 5.35. The fourth-order valence-corrected chi connectivity index (χ4v) is 3.08. The van der Waals surface area contributed by atoms with Crippen LogP contribution in [-0.2, 0) is 0 Å². The number of nitrogens with one attached hydrogen (secondary N) is 2. The maximum Gasteiger partial charge on any atom is 0.145 e. The largest absolute Gasteiger partial charge is 0.367 e. The third-order valence-corrected chi connectivity index (χ3v) is 3.99. The molecule has 1 aromatic rings. The van der Waals surface area contributed by atoms with Gasteiger partial charge in [-0.05, 0) is 32.2 Å². The lowest BCUT2D eigenvalue weighted by Crippen LogP contribution is -2.42. The van der Waals surface area contributed by atoms with Gasteiger partial charge in [0.25, 0.3) is 0 Å². The highest BCUT2D eigenvalue weighted by atomic mass is 15.3. The summed E-state index contributed by atoms with van der Waals surface area (Å²) in [6, 6.07) is 3.14. The number of piperidine rings is 1. The van der Waals surface area contributed by atoms with Gasteiger partial charge in [-0.1, -0.05) is 0 Å². The molecule has 0 aromatic carbocycles. The molecule has 2 unspecified atom stereocenters. The molecule has 0 bridgehead atoms. The van der Waals surface area contributed by atoms with Crippen LogP contribution in [0, 0.1) is 0 Å². The summed E-state index contributed by atoms with van der Waals surface area (Å²) in [5.74, 6) is 6.85. The number of fused-ring (bicyclic) bond motifs is 1. The smallest absolute Gasteiger partial charge is 0.145 e. The summed E-state index contributed by atoms with van der Waals surface area (Å²) in [7, 11) is 0. The van der Waals surface area contributed by atoms with Gasteiger partial charge in [0.1, 0.15) is 18.0 Å². The summed E-state index contributed by atoms with van der Waals surface area (Å²) in [6.07, 6.45) is 6.63. The molecule has 1 aromatic heterocycles. The molecule has 0 saturated carbocycles. The van der Waals surface area contributed by atoms with E-state index in [1.54, 1.807) is 0 Å². The van der Waals surface area contributed by atoms with Crippen LogP contribution < -0.4 is 16.6 Å². The van der Waals surface area contributed by atoms with E-state index < -0.39 is 0 Å². The first-order chi connectivity index (χ1) is 8.85. The minimum atomic E-state index is 0.518. The van der Waals surface area contributed by atoms with E-state index in [4.69, 9.17) is 5.84 Å². The van der Waals surface area contributed by atoms with Crippen LogP contribution in [0.5, 0.6) is 0 Å². The van der Waals surface area contributed by atoms with Crippen LogP contribution in [0.2, 0.25) is 0 Å². The zero-order valence-corrected chi connectivity index (χ0v) is 10.5. The van der Waals surface area contributed by atoms with Crippen molar-refractivity contribution < 1.29 is 0 Å². The summed E-state index contributed by atoms with van der Waals surface area (Å²) in [4.78, 5) is 10.9. The van der Waals surface area contributed by atoms with Gasteiger partial charge in [-0.3, -0.25) is 0 Å². The van der Waals surface area contributed by atoms with E-state index in [9.17, 15) is 0 Å². The predicted molar refractivity (Wildman–Crippen MR) is 71.1 cm³/mol. The Labute approximate surface area is 107 Å². The van der Waals surface area contributed by atoms with Gasteiger partial charge < -0.3 is 15.6 Å². The van der Waals surface area contributed by atoms with Gasteiger partial charge in [0, 0.05) is 24.7 Å². The topological polar surface area (TPSA) is 79.1 Å². The molecule has 4 N–H and O–H groups in total. The van der Waals surface area contributed by atoms with Gasteiger partial charge in [0.15, 0.2) is 0 Å². The lowest BCUT2D eigenvalue weighted by molar-refractivity contribution is 0.188. The SMILES string of the molecule is NNc1cc(NC2CCN3CCCC3C2)ncn1. The first-order valence-electron chi connectivity index (χ1n) is 6.64. The molecular weight excluding hydrogens is 228 g/mol. The first-order valence-corrected chi connectivity index (χ1v) is 6.64. The van der Waals surface area contributed by atoms with Gasteiger partial charge in [-0.25, -0.2) is 15.8 Å². The second-order valence-electron chi connectivity index (χ2n) is 5.13. The number of nitrogens with two attached hydrogens (primary N) is 1. The Morgan fingerprint density at radius 3 is 3.00 bits per heavy atom. The van der Waals surface area contributed by atoms with Crippen molar-refractivity contribution in [3.63, 3.8) is 0 Å². The molecule has 6 nitrogen and oxygen atoms in total. The molecule has 0 aliphatic carbocycles. The average Bonchev–Trinajstić information content (AvgIpc) is 2.86. The molecule has 0 radical (unpaired) electrons. The van der Waals surface area contributed by atoms with Gasteiger partial charge in [-0.15, -0.1) is 0 Å². The lowest BCUT2D eigenvalue weighted by Gasteiger charge is -2.35. The maximum atomic E-state index is 5.35. The fourth-order valence-electron chi connectivity index (χ4n) is 3.08. The zero-order valence-electron chi connectivity index (χ0n) is 10.5. The third kappa shape index (κ3) is 2.39. The lowest BCUT2D eigenvalue weighted by atomic mass is 9.97. The minimum absolute atomic E-state index is 0.518. The highest BCUT2D eigenvalue weighted by Crippen LogP contribution is 2.28. The monoisotopic (exact) mass is 248 g/mol. The molecule has 3 rings (SSSR count). The molecule has 2 aliphatic rings. The van der Waals surface area contributed by atoms with Crippen LogP contribution >= 0.6 is 0 Å². The second kappa shape index (κ2) is 5.07. The highest BCUT2D eigenvalue weighted by molar-refractivity contribution is 5.46. The van der Waals surface area contributed by atoms with E-state index in [-0.39, 0.29) is 0 Å². The van der Waals surface area contributed by atoms with Crippen LogP contribution in [0.3, 0.4) is 0 Å². The van der Waals surface area contributed by atoms with Gasteiger partial charge >= 0.3 is 0 Å². The van der Waals surface area contributed by atoms with Crippen LogP contribution in [0.15, 0.2) is 12.4 Å². The molecule has 3 heterocycles. The zero-order chi connectivity index (χ0) is 12.4. The molecule has 2 aliphatic heterocycles. The summed E-state index contributed by atoms with van der Waals surface area (Å²) >= 11 is 0. The summed E-state index contributed by atoms with van der Waals surface area (Å²) in [5, 5.41) is 3.49. The Kier molecular flexibility index (Phi) is 3.29. The van der Waals surface area contributed by atoms with Crippen molar-refractivity contribution in [2.75, 3.05) is 23.8 Å². The quantitative estimate of drug-likeness (QED) is 0.542. The second-order valence-corrected chi connectivity index (χ2v) is 5.13. The molecule has 0 spiro atoms. The van der Waals surface area contributed by atoms with Crippen LogP contribution in [-0.4, -0.2) is 40.0 Å².